The van der Waals surface area contributed by atoms with E-state index >= 15 is 0 Å². The van der Waals surface area contributed by atoms with Crippen LogP contribution in [-0.4, -0.2) is 12.2 Å². The first kappa shape index (κ1) is 15.9. The molecule has 0 aliphatic rings. The fourth-order valence-corrected chi connectivity index (χ4v) is 2.80. The summed E-state index contributed by atoms with van der Waals surface area (Å²) in [7, 11) is 1.68. The lowest BCUT2D eigenvalue weighted by Gasteiger charge is -2.20. The van der Waals surface area contributed by atoms with Gasteiger partial charge in [-0.05, 0) is 32.0 Å². The number of hydrogen-bond acceptors (Lipinski definition) is 3. The second-order valence-corrected chi connectivity index (χ2v) is 5.98. The van der Waals surface area contributed by atoms with E-state index in [1.54, 1.807) is 13.2 Å². The van der Waals surface area contributed by atoms with E-state index in [0.29, 0.717) is 12.4 Å². The van der Waals surface area contributed by atoms with Crippen molar-refractivity contribution in [2.45, 2.75) is 26.5 Å². The van der Waals surface area contributed by atoms with Crippen molar-refractivity contribution in [2.75, 3.05) is 12.4 Å². The minimum atomic E-state index is -0.00481. The van der Waals surface area contributed by atoms with E-state index in [2.05, 4.69) is 21.2 Å². The maximum atomic E-state index is 10.0. The van der Waals surface area contributed by atoms with E-state index in [1.165, 1.54) is 0 Å². The molecule has 0 fully saturated rings. The van der Waals surface area contributed by atoms with Crippen LogP contribution in [0, 0.1) is 6.92 Å². The van der Waals surface area contributed by atoms with Gasteiger partial charge in [0.1, 0.15) is 5.75 Å². The van der Waals surface area contributed by atoms with Gasteiger partial charge >= 0.3 is 0 Å². The molecule has 0 bridgehead atoms. The van der Waals surface area contributed by atoms with Crippen LogP contribution in [0.3, 0.4) is 0 Å². The second kappa shape index (κ2) is 6.96. The SMILES string of the molecule is COCc1c(Br)cccc1NC(C)c1cc(C)ccc1O. The molecule has 3 nitrogen and oxygen atoms in total. The van der Waals surface area contributed by atoms with Gasteiger partial charge in [-0.3, -0.25) is 0 Å². The summed E-state index contributed by atoms with van der Waals surface area (Å²) in [5.74, 6) is 0.309. The molecule has 2 aromatic carbocycles. The molecule has 2 rings (SSSR count). The van der Waals surface area contributed by atoms with Gasteiger partial charge in [-0.1, -0.05) is 39.7 Å². The average Bonchev–Trinajstić information content (AvgIpc) is 2.45. The normalized spacial score (nSPS) is 12.2. The van der Waals surface area contributed by atoms with Crippen LogP contribution in [0.4, 0.5) is 5.69 Å². The van der Waals surface area contributed by atoms with Crippen LogP contribution < -0.4 is 5.32 Å². The maximum Gasteiger partial charge on any atom is 0.120 e. The van der Waals surface area contributed by atoms with Gasteiger partial charge < -0.3 is 15.2 Å². The van der Waals surface area contributed by atoms with Gasteiger partial charge in [0.05, 0.1) is 12.6 Å². The first-order valence-electron chi connectivity index (χ1n) is 6.85. The molecule has 1 unspecified atom stereocenters. The third kappa shape index (κ3) is 3.77. The third-order valence-electron chi connectivity index (χ3n) is 3.43. The van der Waals surface area contributed by atoms with Crippen molar-refractivity contribution >= 4 is 21.6 Å². The van der Waals surface area contributed by atoms with Gasteiger partial charge in [0, 0.05) is 28.4 Å². The Morgan fingerprint density at radius 3 is 2.76 bits per heavy atom. The number of anilines is 1. The van der Waals surface area contributed by atoms with Gasteiger partial charge in [0.2, 0.25) is 0 Å². The highest BCUT2D eigenvalue weighted by Gasteiger charge is 2.13. The molecule has 4 heteroatoms. The average molecular weight is 350 g/mol. The fourth-order valence-electron chi connectivity index (χ4n) is 2.32. The summed E-state index contributed by atoms with van der Waals surface area (Å²) < 4.78 is 6.27. The van der Waals surface area contributed by atoms with E-state index in [9.17, 15) is 5.11 Å². The van der Waals surface area contributed by atoms with Crippen LogP contribution >= 0.6 is 15.9 Å². The molecular formula is C17H20BrNO2. The Labute approximate surface area is 134 Å². The lowest BCUT2D eigenvalue weighted by molar-refractivity contribution is 0.185. The van der Waals surface area contributed by atoms with E-state index in [-0.39, 0.29) is 6.04 Å². The Bertz CT molecular complexity index is 628. The zero-order chi connectivity index (χ0) is 15.4. The minimum Gasteiger partial charge on any atom is -0.508 e. The molecule has 0 heterocycles. The summed E-state index contributed by atoms with van der Waals surface area (Å²) in [6, 6.07) is 11.6. The molecule has 2 aromatic rings. The Hall–Kier alpha value is -1.52. The summed E-state index contributed by atoms with van der Waals surface area (Å²) in [5.41, 5.74) is 4.08. The van der Waals surface area contributed by atoms with Crippen molar-refractivity contribution in [3.05, 3.63) is 57.6 Å². The highest BCUT2D eigenvalue weighted by Crippen LogP contribution is 2.31. The molecule has 0 radical (unpaired) electrons. The number of nitrogens with one attached hydrogen (secondary N) is 1. The van der Waals surface area contributed by atoms with Crippen LogP contribution in [0.5, 0.6) is 5.75 Å². The molecule has 0 saturated carbocycles. The maximum absolute atomic E-state index is 10.0. The standard InChI is InChI=1S/C17H20BrNO2/c1-11-7-8-17(20)13(9-11)12(2)19-16-6-4-5-15(18)14(16)10-21-3/h4-9,12,19-20H,10H2,1-3H3. The monoisotopic (exact) mass is 349 g/mol. The van der Waals surface area contributed by atoms with Gasteiger partial charge in [0.25, 0.3) is 0 Å². The lowest BCUT2D eigenvalue weighted by atomic mass is 10.0. The summed E-state index contributed by atoms with van der Waals surface area (Å²) in [6.07, 6.45) is 0. The number of ether oxygens (including phenoxy) is 1. The molecule has 0 amide bonds. The predicted molar refractivity (Wildman–Crippen MR) is 89.7 cm³/mol. The molecule has 1 atom stereocenters. The van der Waals surface area contributed by atoms with Crippen molar-refractivity contribution in [3.63, 3.8) is 0 Å². The van der Waals surface area contributed by atoms with Gasteiger partial charge in [-0.2, -0.15) is 0 Å². The number of aromatic hydroxyl groups is 1. The zero-order valence-corrected chi connectivity index (χ0v) is 14.1. The molecule has 0 saturated heterocycles. The molecule has 0 aliphatic heterocycles. The highest BCUT2D eigenvalue weighted by molar-refractivity contribution is 9.10. The van der Waals surface area contributed by atoms with Crippen LogP contribution in [0.2, 0.25) is 0 Å². The van der Waals surface area contributed by atoms with Gasteiger partial charge in [-0.25, -0.2) is 0 Å². The van der Waals surface area contributed by atoms with Crippen molar-refractivity contribution in [1.29, 1.82) is 0 Å². The number of phenolic OH excluding ortho intramolecular Hbond substituents is 1. The first-order chi connectivity index (χ1) is 10.0. The van der Waals surface area contributed by atoms with Crippen molar-refractivity contribution < 1.29 is 9.84 Å². The van der Waals surface area contributed by atoms with Crippen molar-refractivity contribution in [3.8, 4) is 5.75 Å². The van der Waals surface area contributed by atoms with E-state index < -0.39 is 0 Å². The topological polar surface area (TPSA) is 41.5 Å². The Balaban J connectivity index is 2.29. The minimum absolute atomic E-state index is 0.00481. The smallest absolute Gasteiger partial charge is 0.120 e. The number of halogens is 1. The summed E-state index contributed by atoms with van der Waals surface area (Å²) >= 11 is 3.55. The van der Waals surface area contributed by atoms with Crippen molar-refractivity contribution in [1.82, 2.24) is 0 Å². The molecule has 112 valence electrons. The van der Waals surface area contributed by atoms with E-state index in [0.717, 1.165) is 26.9 Å². The number of hydrogen-bond donors (Lipinski definition) is 2. The molecule has 21 heavy (non-hydrogen) atoms. The molecule has 2 N–H and O–H groups in total. The Morgan fingerprint density at radius 2 is 2.05 bits per heavy atom. The number of methoxy groups -OCH3 is 1. The highest BCUT2D eigenvalue weighted by atomic mass is 79.9. The summed E-state index contributed by atoms with van der Waals surface area (Å²) in [4.78, 5) is 0. The van der Waals surface area contributed by atoms with E-state index in [4.69, 9.17) is 4.74 Å². The number of benzene rings is 2. The largest absolute Gasteiger partial charge is 0.508 e. The second-order valence-electron chi connectivity index (χ2n) is 5.13. The molecular weight excluding hydrogens is 330 g/mol. The molecule has 0 spiro atoms. The molecule has 0 aliphatic carbocycles. The molecule has 0 aromatic heterocycles. The fraction of sp³-hybridized carbons (Fsp3) is 0.294. The first-order valence-corrected chi connectivity index (χ1v) is 7.64. The Kier molecular flexibility index (Phi) is 5.26. The predicted octanol–water partition coefficient (Wildman–Crippen LogP) is 4.78. The number of rotatable bonds is 5. The van der Waals surface area contributed by atoms with Gasteiger partial charge in [-0.15, -0.1) is 0 Å². The summed E-state index contributed by atoms with van der Waals surface area (Å²) in [6.45, 7) is 4.58. The summed E-state index contributed by atoms with van der Waals surface area (Å²) in [5, 5.41) is 13.5. The van der Waals surface area contributed by atoms with Crippen LogP contribution in [0.15, 0.2) is 40.9 Å². The van der Waals surface area contributed by atoms with Crippen LogP contribution in [0.25, 0.3) is 0 Å². The van der Waals surface area contributed by atoms with Crippen LogP contribution in [-0.2, 0) is 11.3 Å². The van der Waals surface area contributed by atoms with Crippen LogP contribution in [0.1, 0.15) is 29.7 Å². The number of phenols is 1. The quantitative estimate of drug-likeness (QED) is 0.815. The van der Waals surface area contributed by atoms with Gasteiger partial charge in [0.15, 0.2) is 0 Å². The van der Waals surface area contributed by atoms with Crippen molar-refractivity contribution in [2.24, 2.45) is 0 Å². The number of aryl methyl sites for hydroxylation is 1. The van der Waals surface area contributed by atoms with E-state index in [1.807, 2.05) is 44.2 Å². The lowest BCUT2D eigenvalue weighted by Crippen LogP contribution is -2.09. The third-order valence-corrected chi connectivity index (χ3v) is 4.17. The Morgan fingerprint density at radius 1 is 1.29 bits per heavy atom. The zero-order valence-electron chi connectivity index (χ0n) is 12.5.